The molecular formula is C14H18N2O3S. The van der Waals surface area contributed by atoms with Crippen molar-refractivity contribution in [2.24, 2.45) is 4.40 Å². The lowest BCUT2D eigenvalue weighted by Crippen LogP contribution is -2.44. The predicted octanol–water partition coefficient (Wildman–Crippen LogP) is 1.37. The summed E-state index contributed by atoms with van der Waals surface area (Å²) in [4.78, 5) is 2.35. The molecule has 1 aliphatic carbocycles. The van der Waals surface area contributed by atoms with E-state index in [4.69, 9.17) is 5.11 Å². The topological polar surface area (TPSA) is 70.0 Å². The Kier molecular flexibility index (Phi) is 3.52. The van der Waals surface area contributed by atoms with Gasteiger partial charge >= 0.3 is 0 Å². The van der Waals surface area contributed by atoms with Crippen molar-refractivity contribution in [1.29, 1.82) is 0 Å². The summed E-state index contributed by atoms with van der Waals surface area (Å²) >= 11 is 0. The van der Waals surface area contributed by atoms with Gasteiger partial charge in [-0.15, -0.1) is 4.40 Å². The fraction of sp³-hybridized carbons (Fsp3) is 0.500. The van der Waals surface area contributed by atoms with E-state index < -0.39 is 10.0 Å². The summed E-state index contributed by atoms with van der Waals surface area (Å²) in [5.74, 6) is 0.554. The Hall–Kier alpha value is -1.40. The number of rotatable bonds is 4. The standard InChI is InChI=1S/C14H18N2O3S/c17-10-4-9-16(11-5-3-6-11)14-12-7-1-2-8-13(12)20(18,19)15-14/h1-2,7-8,11,17H,3-6,9-10H2. The van der Waals surface area contributed by atoms with E-state index in [9.17, 15) is 8.42 Å². The predicted molar refractivity (Wildman–Crippen MR) is 76.2 cm³/mol. The van der Waals surface area contributed by atoms with E-state index in [-0.39, 0.29) is 6.61 Å². The molecule has 1 aliphatic heterocycles. The Bertz CT molecular complexity index is 636. The van der Waals surface area contributed by atoms with Gasteiger partial charge in [0.25, 0.3) is 10.0 Å². The highest BCUT2D eigenvalue weighted by Gasteiger charge is 2.35. The normalized spacial score (nSPS) is 20.1. The quantitative estimate of drug-likeness (QED) is 0.910. The summed E-state index contributed by atoms with van der Waals surface area (Å²) in [6, 6.07) is 7.31. The summed E-state index contributed by atoms with van der Waals surface area (Å²) in [6.07, 6.45) is 3.92. The van der Waals surface area contributed by atoms with Crippen LogP contribution in [-0.4, -0.2) is 43.5 Å². The van der Waals surface area contributed by atoms with Gasteiger partial charge in [0.2, 0.25) is 0 Å². The molecular weight excluding hydrogens is 276 g/mol. The number of benzene rings is 1. The third-order valence-electron chi connectivity index (χ3n) is 3.96. The Balaban J connectivity index is 1.99. The molecule has 0 aromatic heterocycles. The van der Waals surface area contributed by atoms with Crippen LogP contribution >= 0.6 is 0 Å². The zero-order valence-electron chi connectivity index (χ0n) is 11.2. The van der Waals surface area contributed by atoms with E-state index in [2.05, 4.69) is 9.30 Å². The zero-order chi connectivity index (χ0) is 14.2. The smallest absolute Gasteiger partial charge is 0.285 e. The second-order valence-corrected chi connectivity index (χ2v) is 6.81. The molecule has 0 amide bonds. The molecule has 1 saturated carbocycles. The number of aliphatic hydroxyl groups is 1. The minimum Gasteiger partial charge on any atom is -0.396 e. The fourth-order valence-electron chi connectivity index (χ4n) is 2.70. The highest BCUT2D eigenvalue weighted by atomic mass is 32.2. The molecule has 0 radical (unpaired) electrons. The van der Waals surface area contributed by atoms with E-state index in [1.165, 1.54) is 6.42 Å². The summed E-state index contributed by atoms with van der Waals surface area (Å²) in [5.41, 5.74) is 0.692. The van der Waals surface area contributed by atoms with Crippen molar-refractivity contribution in [1.82, 2.24) is 4.90 Å². The second-order valence-electron chi connectivity index (χ2n) is 5.24. The van der Waals surface area contributed by atoms with Crippen LogP contribution in [0.1, 0.15) is 31.2 Å². The first-order chi connectivity index (χ1) is 9.63. The van der Waals surface area contributed by atoms with Crippen LogP contribution in [0.2, 0.25) is 0 Å². The number of nitrogens with zero attached hydrogens (tertiary/aromatic N) is 2. The molecule has 1 N–H and O–H groups in total. The number of fused-ring (bicyclic) bond motifs is 1. The van der Waals surface area contributed by atoms with Crippen LogP contribution < -0.4 is 0 Å². The Morgan fingerprint density at radius 1 is 1.30 bits per heavy atom. The number of aliphatic hydroxyl groups excluding tert-OH is 1. The highest BCUT2D eigenvalue weighted by molar-refractivity contribution is 7.90. The Morgan fingerprint density at radius 2 is 2.05 bits per heavy atom. The molecule has 20 heavy (non-hydrogen) atoms. The molecule has 6 heteroatoms. The number of amidine groups is 1. The maximum atomic E-state index is 12.1. The first kappa shape index (κ1) is 13.6. The van der Waals surface area contributed by atoms with Gasteiger partial charge in [-0.05, 0) is 37.8 Å². The number of hydrogen-bond acceptors (Lipinski definition) is 4. The van der Waals surface area contributed by atoms with Crippen LogP contribution in [0.4, 0.5) is 0 Å². The van der Waals surface area contributed by atoms with E-state index in [1.54, 1.807) is 12.1 Å². The SMILES string of the molecule is O=S1(=O)N=C(N(CCCO)C2CCC2)c2ccccc21. The molecule has 1 aromatic rings. The lowest BCUT2D eigenvalue weighted by molar-refractivity contribution is 0.189. The van der Waals surface area contributed by atoms with Crippen LogP contribution in [0.5, 0.6) is 0 Å². The van der Waals surface area contributed by atoms with Crippen molar-refractivity contribution < 1.29 is 13.5 Å². The zero-order valence-corrected chi connectivity index (χ0v) is 12.0. The molecule has 0 atom stereocenters. The molecule has 0 spiro atoms. The fourth-order valence-corrected chi connectivity index (χ4v) is 3.91. The molecule has 3 rings (SSSR count). The van der Waals surface area contributed by atoms with E-state index in [0.717, 1.165) is 12.8 Å². The molecule has 1 heterocycles. The van der Waals surface area contributed by atoms with Crippen LogP contribution in [0.15, 0.2) is 33.6 Å². The molecule has 0 saturated heterocycles. The van der Waals surface area contributed by atoms with E-state index in [1.807, 2.05) is 12.1 Å². The Morgan fingerprint density at radius 3 is 2.70 bits per heavy atom. The average Bonchev–Trinajstić information content (AvgIpc) is 2.65. The molecule has 5 nitrogen and oxygen atoms in total. The van der Waals surface area contributed by atoms with Crippen molar-refractivity contribution in [3.63, 3.8) is 0 Å². The van der Waals surface area contributed by atoms with Gasteiger partial charge in [-0.1, -0.05) is 12.1 Å². The summed E-state index contributed by atoms with van der Waals surface area (Å²) in [5, 5.41) is 9.04. The summed E-state index contributed by atoms with van der Waals surface area (Å²) < 4.78 is 28.2. The molecule has 108 valence electrons. The largest absolute Gasteiger partial charge is 0.396 e. The summed E-state index contributed by atoms with van der Waals surface area (Å²) in [6.45, 7) is 0.745. The first-order valence-corrected chi connectivity index (χ1v) is 8.39. The monoisotopic (exact) mass is 294 g/mol. The summed E-state index contributed by atoms with van der Waals surface area (Å²) in [7, 11) is -3.56. The van der Waals surface area contributed by atoms with Crippen molar-refractivity contribution in [2.45, 2.75) is 36.6 Å². The number of hydrogen-bond donors (Lipinski definition) is 1. The lowest BCUT2D eigenvalue weighted by Gasteiger charge is -2.38. The van der Waals surface area contributed by atoms with Gasteiger partial charge in [-0.3, -0.25) is 0 Å². The molecule has 1 fully saturated rings. The van der Waals surface area contributed by atoms with Gasteiger partial charge in [-0.25, -0.2) is 0 Å². The van der Waals surface area contributed by atoms with Crippen LogP contribution in [0, 0.1) is 0 Å². The van der Waals surface area contributed by atoms with Crippen molar-refractivity contribution >= 4 is 15.9 Å². The van der Waals surface area contributed by atoms with Gasteiger partial charge in [0.15, 0.2) is 5.84 Å². The van der Waals surface area contributed by atoms with Crippen LogP contribution in [-0.2, 0) is 10.0 Å². The van der Waals surface area contributed by atoms with E-state index >= 15 is 0 Å². The van der Waals surface area contributed by atoms with Gasteiger partial charge in [0.05, 0.1) is 0 Å². The minimum absolute atomic E-state index is 0.102. The maximum Gasteiger partial charge on any atom is 0.285 e. The Labute approximate surface area is 119 Å². The molecule has 0 bridgehead atoms. The van der Waals surface area contributed by atoms with Gasteiger partial charge < -0.3 is 10.0 Å². The second kappa shape index (κ2) is 5.18. The third kappa shape index (κ3) is 2.23. The minimum atomic E-state index is -3.56. The van der Waals surface area contributed by atoms with Crippen molar-refractivity contribution in [3.8, 4) is 0 Å². The molecule has 2 aliphatic rings. The van der Waals surface area contributed by atoms with Crippen LogP contribution in [0.25, 0.3) is 0 Å². The molecule has 1 aromatic carbocycles. The maximum absolute atomic E-state index is 12.1. The van der Waals surface area contributed by atoms with Gasteiger partial charge in [-0.2, -0.15) is 8.42 Å². The van der Waals surface area contributed by atoms with Crippen molar-refractivity contribution in [3.05, 3.63) is 29.8 Å². The first-order valence-electron chi connectivity index (χ1n) is 6.95. The van der Waals surface area contributed by atoms with Gasteiger partial charge in [0, 0.05) is 24.8 Å². The van der Waals surface area contributed by atoms with Crippen molar-refractivity contribution in [2.75, 3.05) is 13.2 Å². The number of sulfonamides is 1. The van der Waals surface area contributed by atoms with Crippen LogP contribution in [0.3, 0.4) is 0 Å². The average molecular weight is 294 g/mol. The highest BCUT2D eigenvalue weighted by Crippen LogP contribution is 2.32. The lowest BCUT2D eigenvalue weighted by atomic mass is 9.90. The van der Waals surface area contributed by atoms with E-state index in [0.29, 0.717) is 35.3 Å². The van der Waals surface area contributed by atoms with Gasteiger partial charge in [0.1, 0.15) is 4.90 Å². The third-order valence-corrected chi connectivity index (χ3v) is 5.28. The molecule has 0 unspecified atom stereocenters.